The smallest absolute Gasteiger partial charge is 0.247 e. The summed E-state index contributed by atoms with van der Waals surface area (Å²) in [5, 5.41) is 23.4. The summed E-state index contributed by atoms with van der Waals surface area (Å²) in [5.41, 5.74) is 0.467. The molecule has 3 N–H and O–H groups in total. The number of nitrogens with zero attached hydrogens (tertiary/aromatic N) is 1. The van der Waals surface area contributed by atoms with E-state index >= 15 is 0 Å². The second-order valence-electron chi connectivity index (χ2n) is 9.49. The molecule has 8 heteroatoms. The molecular weight excluding hydrogens is 547 g/mol. The van der Waals surface area contributed by atoms with Gasteiger partial charge in [-0.3, -0.25) is 9.59 Å². The third kappa shape index (κ3) is 6.73. The molecule has 0 radical (unpaired) electrons. The maximum absolute atomic E-state index is 13.5. The van der Waals surface area contributed by atoms with Crippen molar-refractivity contribution >= 4 is 34.4 Å². The first-order valence-corrected chi connectivity index (χ1v) is 13.4. The molecule has 2 amide bonds. The Kier molecular flexibility index (Phi) is 10.2. The van der Waals surface area contributed by atoms with Gasteiger partial charge in [-0.15, -0.1) is 0 Å². The van der Waals surface area contributed by atoms with Crippen LogP contribution in [-0.2, 0) is 9.59 Å². The van der Waals surface area contributed by atoms with E-state index in [1.807, 2.05) is 43.0 Å². The van der Waals surface area contributed by atoms with Gasteiger partial charge in [0.2, 0.25) is 11.8 Å². The van der Waals surface area contributed by atoms with Crippen LogP contribution in [-0.4, -0.2) is 64.4 Å². The summed E-state index contributed by atoms with van der Waals surface area (Å²) in [4.78, 5) is 28.3. The van der Waals surface area contributed by atoms with Gasteiger partial charge in [-0.2, -0.15) is 0 Å². The monoisotopic (exact) mass is 584 g/mol. The number of carbonyl (C=O) groups is 2. The minimum Gasteiger partial charge on any atom is -0.482 e. The number of hydrogen-bond donors (Lipinski definition) is 3. The van der Waals surface area contributed by atoms with E-state index in [2.05, 4.69) is 27.9 Å². The lowest BCUT2D eigenvalue weighted by Gasteiger charge is -2.45. The highest BCUT2D eigenvalue weighted by molar-refractivity contribution is 14.1. The zero-order chi connectivity index (χ0) is 24.7. The van der Waals surface area contributed by atoms with E-state index in [-0.39, 0.29) is 43.3 Å². The van der Waals surface area contributed by atoms with Gasteiger partial charge in [0.1, 0.15) is 18.0 Å². The number of para-hydroxylation sites is 1. The third-order valence-electron chi connectivity index (χ3n) is 6.64. The summed E-state index contributed by atoms with van der Waals surface area (Å²) < 4.78 is 7.11. The molecule has 2 aliphatic carbocycles. The van der Waals surface area contributed by atoms with Crippen molar-refractivity contribution in [2.24, 2.45) is 5.92 Å². The molecule has 7 nitrogen and oxygen atoms in total. The molecule has 1 saturated carbocycles. The fourth-order valence-corrected chi connectivity index (χ4v) is 5.40. The first kappa shape index (κ1) is 26.9. The van der Waals surface area contributed by atoms with Gasteiger partial charge in [0.15, 0.2) is 0 Å². The van der Waals surface area contributed by atoms with Crippen molar-refractivity contribution in [3.05, 3.63) is 39.5 Å². The highest BCUT2D eigenvalue weighted by Gasteiger charge is 2.43. The molecule has 1 aromatic rings. The summed E-state index contributed by atoms with van der Waals surface area (Å²) in [6.07, 6.45) is 6.38. The first-order valence-electron chi connectivity index (χ1n) is 12.3. The van der Waals surface area contributed by atoms with E-state index in [0.29, 0.717) is 11.3 Å². The van der Waals surface area contributed by atoms with Crippen molar-refractivity contribution < 1.29 is 24.5 Å². The molecule has 0 bridgehead atoms. The van der Waals surface area contributed by atoms with E-state index < -0.39 is 18.2 Å². The lowest BCUT2D eigenvalue weighted by molar-refractivity contribution is -0.146. The fourth-order valence-electron chi connectivity index (χ4n) is 4.88. The largest absolute Gasteiger partial charge is 0.482 e. The molecule has 0 heterocycles. The minimum absolute atomic E-state index is 0.000933. The minimum atomic E-state index is -0.976. The Balaban J connectivity index is 1.97. The SMILES string of the molecule is CC(C)C(=O)N(C1CCCCCC1)C1CC(C(=O)NCCO)=CC(Oc2ccccc2I)C1O. The van der Waals surface area contributed by atoms with Crippen LogP contribution in [0.5, 0.6) is 5.75 Å². The molecule has 1 aromatic carbocycles. The molecule has 2 aliphatic rings. The maximum Gasteiger partial charge on any atom is 0.247 e. The Hall–Kier alpha value is -1.65. The highest BCUT2D eigenvalue weighted by atomic mass is 127. The summed E-state index contributed by atoms with van der Waals surface area (Å²) in [5.74, 6) is 0.0963. The van der Waals surface area contributed by atoms with Crippen molar-refractivity contribution in [3.8, 4) is 5.75 Å². The molecule has 0 aliphatic heterocycles. The summed E-state index contributed by atoms with van der Waals surface area (Å²) in [6, 6.07) is 7.00. The van der Waals surface area contributed by atoms with Gasteiger partial charge in [-0.1, -0.05) is 51.7 Å². The van der Waals surface area contributed by atoms with Gasteiger partial charge < -0.3 is 25.2 Å². The predicted molar refractivity (Wildman–Crippen MR) is 139 cm³/mol. The van der Waals surface area contributed by atoms with Crippen molar-refractivity contribution in [2.75, 3.05) is 13.2 Å². The molecule has 0 aromatic heterocycles. The van der Waals surface area contributed by atoms with Crippen molar-refractivity contribution in [2.45, 2.75) is 83.1 Å². The number of aliphatic hydroxyl groups excluding tert-OH is 2. The lowest BCUT2D eigenvalue weighted by atomic mass is 9.86. The number of amides is 2. The van der Waals surface area contributed by atoms with Gasteiger partial charge >= 0.3 is 0 Å². The number of rotatable bonds is 8. The van der Waals surface area contributed by atoms with E-state index in [4.69, 9.17) is 9.84 Å². The van der Waals surface area contributed by atoms with E-state index in [9.17, 15) is 14.7 Å². The van der Waals surface area contributed by atoms with Crippen LogP contribution < -0.4 is 10.1 Å². The van der Waals surface area contributed by atoms with Crippen molar-refractivity contribution in [1.82, 2.24) is 10.2 Å². The Morgan fingerprint density at radius 2 is 1.85 bits per heavy atom. The fraction of sp³-hybridized carbons (Fsp3) is 0.615. The van der Waals surface area contributed by atoms with Crippen LogP contribution in [0.2, 0.25) is 0 Å². The summed E-state index contributed by atoms with van der Waals surface area (Å²) in [7, 11) is 0. The molecular formula is C26H37IN2O5. The van der Waals surface area contributed by atoms with E-state index in [1.54, 1.807) is 6.08 Å². The maximum atomic E-state index is 13.5. The van der Waals surface area contributed by atoms with Gasteiger partial charge in [-0.25, -0.2) is 0 Å². The topological polar surface area (TPSA) is 99.1 Å². The zero-order valence-corrected chi connectivity index (χ0v) is 22.2. The molecule has 3 rings (SSSR count). The molecule has 34 heavy (non-hydrogen) atoms. The normalized spacial score (nSPS) is 23.7. The van der Waals surface area contributed by atoms with Gasteiger partial charge in [-0.05, 0) is 53.6 Å². The van der Waals surface area contributed by atoms with Crippen LogP contribution in [0.1, 0.15) is 58.8 Å². The predicted octanol–water partition coefficient (Wildman–Crippen LogP) is 3.41. The summed E-state index contributed by atoms with van der Waals surface area (Å²) >= 11 is 2.18. The molecule has 3 unspecified atom stereocenters. The van der Waals surface area contributed by atoms with Crippen LogP contribution in [0.25, 0.3) is 0 Å². The number of carbonyl (C=O) groups excluding carboxylic acids is 2. The Morgan fingerprint density at radius 1 is 1.18 bits per heavy atom. The second kappa shape index (κ2) is 12.9. The van der Waals surface area contributed by atoms with Crippen LogP contribution in [0.4, 0.5) is 0 Å². The number of ether oxygens (including phenoxy) is 1. The number of halogens is 1. The molecule has 1 fully saturated rings. The number of nitrogens with one attached hydrogen (secondary N) is 1. The zero-order valence-electron chi connectivity index (χ0n) is 20.1. The molecule has 3 atom stereocenters. The van der Waals surface area contributed by atoms with E-state index in [1.165, 1.54) is 0 Å². The first-order chi connectivity index (χ1) is 16.3. The number of hydrogen-bond acceptors (Lipinski definition) is 5. The average molecular weight is 584 g/mol. The number of aliphatic hydroxyl groups is 2. The second-order valence-corrected chi connectivity index (χ2v) is 10.7. The average Bonchev–Trinajstić information content (AvgIpc) is 3.10. The van der Waals surface area contributed by atoms with Crippen molar-refractivity contribution in [1.29, 1.82) is 0 Å². The van der Waals surface area contributed by atoms with Gasteiger partial charge in [0.25, 0.3) is 0 Å². The molecule has 188 valence electrons. The highest BCUT2D eigenvalue weighted by Crippen LogP contribution is 2.33. The van der Waals surface area contributed by atoms with Gasteiger partial charge in [0.05, 0.1) is 16.2 Å². The number of benzene rings is 1. The lowest BCUT2D eigenvalue weighted by Crippen LogP contribution is -2.58. The van der Waals surface area contributed by atoms with E-state index in [0.717, 1.165) is 42.1 Å². The Morgan fingerprint density at radius 3 is 2.47 bits per heavy atom. The Bertz CT molecular complexity index is 867. The standard InChI is InChI=1S/C26H37IN2O5/c1-17(2)26(33)29(19-9-5-3-4-6-10-19)21-15-18(25(32)28-13-14-30)16-23(24(21)31)34-22-12-8-7-11-20(22)27/h7-8,11-12,16-17,19,21,23-24,30-31H,3-6,9-10,13-15H2,1-2H3,(H,28,32). The third-order valence-corrected chi connectivity index (χ3v) is 7.53. The summed E-state index contributed by atoms with van der Waals surface area (Å²) in [6.45, 7) is 3.74. The quantitative estimate of drug-likeness (QED) is 0.322. The van der Waals surface area contributed by atoms with Gasteiger partial charge in [0, 0.05) is 30.5 Å². The Labute approximate surface area is 216 Å². The van der Waals surface area contributed by atoms with Crippen LogP contribution in [0, 0.1) is 9.49 Å². The van der Waals surface area contributed by atoms with Crippen LogP contribution in [0.15, 0.2) is 35.9 Å². The van der Waals surface area contributed by atoms with Crippen LogP contribution in [0.3, 0.4) is 0 Å². The molecule has 0 saturated heterocycles. The molecule has 0 spiro atoms. The van der Waals surface area contributed by atoms with Crippen LogP contribution >= 0.6 is 22.6 Å². The van der Waals surface area contributed by atoms with Crippen molar-refractivity contribution in [3.63, 3.8) is 0 Å².